The molecule has 0 amide bonds. The Morgan fingerprint density at radius 2 is 0.931 bits per heavy atom. The summed E-state index contributed by atoms with van der Waals surface area (Å²) in [6.45, 7) is 6.18. The summed E-state index contributed by atoms with van der Waals surface area (Å²) in [6.07, 6.45) is 3.59. The van der Waals surface area contributed by atoms with Crippen LogP contribution in [-0.4, -0.2) is 17.4 Å². The molecule has 3 aromatic rings. The summed E-state index contributed by atoms with van der Waals surface area (Å²) in [5, 5.41) is 0. The molecule has 29 heavy (non-hydrogen) atoms. The Labute approximate surface area is 224 Å². The van der Waals surface area contributed by atoms with Gasteiger partial charge in [-0.15, -0.1) is 0 Å². The Hall–Kier alpha value is -0.849. The van der Waals surface area contributed by atoms with E-state index in [-0.39, 0.29) is 78.1 Å². The maximum absolute atomic E-state index is 4.60. The molecule has 0 fully saturated rings. The molecule has 0 aliphatic heterocycles. The molecule has 0 saturated heterocycles. The summed E-state index contributed by atoms with van der Waals surface area (Å²) in [5.41, 5.74) is 7.07. The first-order valence-electron chi connectivity index (χ1n) is 8.29. The third kappa shape index (κ3) is 10.1. The van der Waals surface area contributed by atoms with Gasteiger partial charge < -0.3 is 37.2 Å². The number of rotatable bonds is 4. The SMILES string of the molecule is Cc1ccc(N=Cc2cc(C)cc(C=Nc3ccc(C)cc3)n2)cc1.[Cl-].[Cl-].[Cl-].[Nd+3]. The quantitative estimate of drug-likeness (QED) is 0.297. The molecule has 1 heterocycles. The summed E-state index contributed by atoms with van der Waals surface area (Å²) in [5.74, 6) is 0. The van der Waals surface area contributed by atoms with E-state index in [4.69, 9.17) is 0 Å². The van der Waals surface area contributed by atoms with Crippen molar-refractivity contribution < 1.29 is 78.1 Å². The van der Waals surface area contributed by atoms with Gasteiger partial charge in [-0.25, -0.2) is 4.98 Å². The third-order valence-corrected chi connectivity index (χ3v) is 3.77. The minimum atomic E-state index is 0. The molecule has 2 aromatic carbocycles. The van der Waals surface area contributed by atoms with Gasteiger partial charge in [-0.3, -0.25) is 9.98 Å². The molecule has 0 unspecified atom stereocenters. The molecule has 0 aliphatic carbocycles. The third-order valence-electron chi connectivity index (χ3n) is 3.77. The molecular weight excluding hydrogens is 557 g/mol. The fraction of sp³-hybridized carbons (Fsp3) is 0.136. The first kappa shape index (κ1) is 30.3. The summed E-state index contributed by atoms with van der Waals surface area (Å²) >= 11 is 0. The second-order valence-corrected chi connectivity index (χ2v) is 6.18. The van der Waals surface area contributed by atoms with Crippen LogP contribution in [0.25, 0.3) is 0 Å². The van der Waals surface area contributed by atoms with E-state index in [1.54, 1.807) is 12.4 Å². The number of aliphatic imine (C=N–C) groups is 2. The van der Waals surface area contributed by atoms with Gasteiger partial charge in [0.25, 0.3) is 0 Å². The summed E-state index contributed by atoms with van der Waals surface area (Å²) < 4.78 is 0. The van der Waals surface area contributed by atoms with E-state index >= 15 is 0 Å². The van der Waals surface area contributed by atoms with Crippen LogP contribution in [0.3, 0.4) is 0 Å². The molecule has 3 nitrogen and oxygen atoms in total. The van der Waals surface area contributed by atoms with Crippen LogP contribution in [0, 0.1) is 61.6 Å². The van der Waals surface area contributed by atoms with Gasteiger partial charge in [0.05, 0.1) is 35.2 Å². The van der Waals surface area contributed by atoms with Crippen molar-refractivity contribution in [1.82, 2.24) is 4.98 Å². The topological polar surface area (TPSA) is 37.6 Å². The van der Waals surface area contributed by atoms with Crippen LogP contribution >= 0.6 is 0 Å². The van der Waals surface area contributed by atoms with Crippen LogP contribution in [0.4, 0.5) is 11.4 Å². The molecule has 0 saturated carbocycles. The molecular formula is C22H21Cl3N3Nd. The molecule has 149 valence electrons. The zero-order chi connectivity index (χ0) is 17.6. The van der Waals surface area contributed by atoms with E-state index in [0.29, 0.717) is 0 Å². The zero-order valence-electron chi connectivity index (χ0n) is 16.4. The van der Waals surface area contributed by atoms with Crippen molar-refractivity contribution in [3.8, 4) is 0 Å². The number of hydrogen-bond acceptors (Lipinski definition) is 3. The van der Waals surface area contributed by atoms with Gasteiger partial charge in [-0.05, 0) is 62.7 Å². The molecule has 7 heteroatoms. The molecule has 0 aliphatic rings. The van der Waals surface area contributed by atoms with Gasteiger partial charge in [0, 0.05) is 0 Å². The van der Waals surface area contributed by atoms with Crippen molar-refractivity contribution >= 4 is 23.8 Å². The Morgan fingerprint density at radius 1 is 0.586 bits per heavy atom. The largest absolute Gasteiger partial charge is 3.00 e. The Bertz CT molecular complexity index is 851. The molecule has 1 radical (unpaired) electrons. The standard InChI is InChI=1S/C22H21N3.3ClH.Nd/c1-16-4-8-19(9-5-16)23-14-21-12-18(3)13-22(25-21)15-24-20-10-6-17(2)7-11-20;;;;/h4-15H,1-3H3;3*1H;/q;;;;+3/p-3. The average molecular weight is 578 g/mol. The van der Waals surface area contributed by atoms with E-state index in [2.05, 4.69) is 53.1 Å². The van der Waals surface area contributed by atoms with E-state index < -0.39 is 0 Å². The van der Waals surface area contributed by atoms with Crippen molar-refractivity contribution in [3.05, 3.63) is 88.7 Å². The van der Waals surface area contributed by atoms with Crippen LogP contribution in [0.1, 0.15) is 28.1 Å². The Morgan fingerprint density at radius 3 is 1.28 bits per heavy atom. The van der Waals surface area contributed by atoms with Crippen molar-refractivity contribution in [2.45, 2.75) is 20.8 Å². The monoisotopic (exact) mass is 574 g/mol. The Balaban J connectivity index is 0. The number of pyridine rings is 1. The number of aryl methyl sites for hydroxylation is 3. The van der Waals surface area contributed by atoms with Crippen LogP contribution in [-0.2, 0) is 0 Å². The molecule has 1 aromatic heterocycles. The number of benzene rings is 2. The van der Waals surface area contributed by atoms with E-state index in [0.717, 1.165) is 28.3 Å². The van der Waals surface area contributed by atoms with Crippen LogP contribution in [0.5, 0.6) is 0 Å². The predicted octanol–water partition coefficient (Wildman–Crippen LogP) is -3.48. The minimum Gasteiger partial charge on any atom is -1.00 e. The van der Waals surface area contributed by atoms with Gasteiger partial charge >= 0.3 is 40.8 Å². The molecule has 0 bridgehead atoms. The zero-order valence-corrected chi connectivity index (χ0v) is 21.9. The summed E-state index contributed by atoms with van der Waals surface area (Å²) in [7, 11) is 0. The predicted molar refractivity (Wildman–Crippen MR) is 106 cm³/mol. The van der Waals surface area contributed by atoms with Gasteiger partial charge in [0.2, 0.25) is 0 Å². The van der Waals surface area contributed by atoms with Crippen LogP contribution < -0.4 is 37.2 Å². The average Bonchev–Trinajstić information content (AvgIpc) is 2.60. The van der Waals surface area contributed by atoms with Gasteiger partial charge in [0.1, 0.15) is 0 Å². The summed E-state index contributed by atoms with van der Waals surface area (Å²) in [6, 6.07) is 20.2. The number of hydrogen-bond donors (Lipinski definition) is 0. The van der Waals surface area contributed by atoms with Crippen LogP contribution in [0.2, 0.25) is 0 Å². The molecule has 0 spiro atoms. The fourth-order valence-electron chi connectivity index (χ4n) is 2.40. The van der Waals surface area contributed by atoms with Gasteiger partial charge in [0.15, 0.2) is 0 Å². The second-order valence-electron chi connectivity index (χ2n) is 6.18. The Kier molecular flexibility index (Phi) is 15.7. The molecule has 3 rings (SSSR count). The molecule has 0 N–H and O–H groups in total. The van der Waals surface area contributed by atoms with Gasteiger partial charge in [-0.2, -0.15) is 0 Å². The van der Waals surface area contributed by atoms with E-state index in [1.807, 2.05) is 43.3 Å². The number of nitrogens with zero attached hydrogens (tertiary/aromatic N) is 3. The second kappa shape index (κ2) is 15.0. The van der Waals surface area contributed by atoms with E-state index in [1.165, 1.54) is 11.1 Å². The van der Waals surface area contributed by atoms with Gasteiger partial charge in [-0.1, -0.05) is 35.4 Å². The van der Waals surface area contributed by atoms with Crippen molar-refractivity contribution in [1.29, 1.82) is 0 Å². The maximum Gasteiger partial charge on any atom is 3.00 e. The smallest absolute Gasteiger partial charge is 1.00 e. The maximum atomic E-state index is 4.60. The first-order valence-corrected chi connectivity index (χ1v) is 8.29. The first-order chi connectivity index (χ1) is 12.1. The number of aromatic nitrogens is 1. The van der Waals surface area contributed by atoms with Crippen molar-refractivity contribution in [2.24, 2.45) is 9.98 Å². The van der Waals surface area contributed by atoms with Crippen molar-refractivity contribution in [3.63, 3.8) is 0 Å². The minimum absolute atomic E-state index is 0. The van der Waals surface area contributed by atoms with Crippen molar-refractivity contribution in [2.75, 3.05) is 0 Å². The fourth-order valence-corrected chi connectivity index (χ4v) is 2.40. The normalized spacial score (nSPS) is 9.90. The van der Waals surface area contributed by atoms with E-state index in [9.17, 15) is 0 Å². The number of halogens is 3. The van der Waals surface area contributed by atoms with Crippen LogP contribution in [0.15, 0.2) is 70.6 Å². The molecule has 0 atom stereocenters. The summed E-state index contributed by atoms with van der Waals surface area (Å²) in [4.78, 5) is 13.6.